The highest BCUT2D eigenvalue weighted by Crippen LogP contribution is 2.43. The predicted octanol–water partition coefficient (Wildman–Crippen LogP) is 8.01. The Morgan fingerprint density at radius 1 is 0.969 bits per heavy atom. The molecule has 2 aromatic carbocycles. The smallest absolute Gasteiger partial charge is 0.207 e. The summed E-state index contributed by atoms with van der Waals surface area (Å²) in [6.07, 6.45) is 5.78. The predicted molar refractivity (Wildman–Crippen MR) is 124 cm³/mol. The first-order valence-electron chi connectivity index (χ1n) is 10.5. The zero-order valence-electron chi connectivity index (χ0n) is 18.7. The second kappa shape index (κ2) is 11.4. The van der Waals surface area contributed by atoms with E-state index in [-0.39, 0.29) is 30.3 Å². The van der Waals surface area contributed by atoms with Gasteiger partial charge in [0.1, 0.15) is 6.61 Å². The van der Waals surface area contributed by atoms with E-state index >= 15 is 0 Å². The summed E-state index contributed by atoms with van der Waals surface area (Å²) in [6, 6.07) is 4.79. The monoisotopic (exact) mass is 442 g/mol. The summed E-state index contributed by atoms with van der Waals surface area (Å²) in [7, 11) is 0. The van der Waals surface area contributed by atoms with Crippen molar-refractivity contribution in [3.63, 3.8) is 0 Å². The molecule has 0 N–H and O–H groups in total. The van der Waals surface area contributed by atoms with Crippen LogP contribution in [0.5, 0.6) is 17.2 Å². The fourth-order valence-electron chi connectivity index (χ4n) is 3.23. The number of aryl methyl sites for hydroxylation is 1. The number of hydrogen-bond donors (Lipinski definition) is 0. The van der Waals surface area contributed by atoms with Gasteiger partial charge in [-0.15, -0.1) is 13.2 Å². The van der Waals surface area contributed by atoms with Crippen molar-refractivity contribution in [1.29, 1.82) is 0 Å². The van der Waals surface area contributed by atoms with Gasteiger partial charge in [0.2, 0.25) is 11.6 Å². The number of allylic oxidation sites excluding steroid dienone is 2. The van der Waals surface area contributed by atoms with Gasteiger partial charge in [0, 0.05) is 17.5 Å². The Morgan fingerprint density at radius 2 is 1.62 bits per heavy atom. The molecule has 1 heterocycles. The van der Waals surface area contributed by atoms with Crippen molar-refractivity contribution in [3.05, 3.63) is 102 Å². The Kier molecular flexibility index (Phi) is 8.94. The van der Waals surface area contributed by atoms with E-state index in [4.69, 9.17) is 9.47 Å². The number of rotatable bonds is 8. The standard InChI is InChI=1S/C25H25F3O2.C2H4/c1-5-7-17-12-19-13-18-10-11-20(29-14-16(4)9-8-15(3)6-2)22(27)24(18)30-25(19)23(28)21(17)26;1-2/h8-12H,3-7,13-14H2,1-2H3;1-2H2/b9-8-;. The minimum atomic E-state index is -1.08. The van der Waals surface area contributed by atoms with E-state index < -0.39 is 17.5 Å². The largest absolute Gasteiger partial charge is 0.486 e. The molecule has 2 nitrogen and oxygen atoms in total. The SMILES string of the molecule is C=C.C=C(/C=C\C(=C)COc1ccc2c(c1F)Oc1c(cc(CCC)c(F)c1F)C2)CC. The molecule has 0 saturated heterocycles. The average molecular weight is 443 g/mol. The van der Waals surface area contributed by atoms with Crippen LogP contribution in [0.4, 0.5) is 13.2 Å². The van der Waals surface area contributed by atoms with Crippen LogP contribution in [0.1, 0.15) is 43.4 Å². The van der Waals surface area contributed by atoms with Crippen molar-refractivity contribution in [2.45, 2.75) is 39.5 Å². The van der Waals surface area contributed by atoms with Crippen LogP contribution in [0.2, 0.25) is 0 Å². The third-order valence-electron chi connectivity index (χ3n) is 4.98. The summed E-state index contributed by atoms with van der Waals surface area (Å²) in [5, 5.41) is 0. The molecule has 3 rings (SSSR count). The summed E-state index contributed by atoms with van der Waals surface area (Å²) in [5.41, 5.74) is 2.95. The lowest BCUT2D eigenvalue weighted by Gasteiger charge is -2.23. The summed E-state index contributed by atoms with van der Waals surface area (Å²) < 4.78 is 54.8. The molecule has 170 valence electrons. The average Bonchev–Trinajstić information content (AvgIpc) is 2.81. The van der Waals surface area contributed by atoms with Gasteiger partial charge < -0.3 is 9.47 Å². The lowest BCUT2D eigenvalue weighted by atomic mass is 9.96. The fraction of sp³-hybridized carbons (Fsp3) is 0.259. The molecule has 0 amide bonds. The van der Waals surface area contributed by atoms with E-state index in [1.807, 2.05) is 19.9 Å². The van der Waals surface area contributed by atoms with E-state index in [1.165, 1.54) is 6.07 Å². The highest BCUT2D eigenvalue weighted by molar-refractivity contribution is 5.54. The summed E-state index contributed by atoms with van der Waals surface area (Å²) in [5.74, 6) is -3.20. The number of halogens is 3. The van der Waals surface area contributed by atoms with Gasteiger partial charge in [-0.25, -0.2) is 4.39 Å². The molecule has 0 aliphatic carbocycles. The Labute approximate surface area is 188 Å². The van der Waals surface area contributed by atoms with E-state index in [1.54, 1.807) is 18.2 Å². The maximum absolute atomic E-state index is 15.0. The van der Waals surface area contributed by atoms with Gasteiger partial charge in [0.15, 0.2) is 23.1 Å². The zero-order valence-corrected chi connectivity index (χ0v) is 18.7. The summed E-state index contributed by atoms with van der Waals surface area (Å²) in [6.45, 7) is 17.7. The van der Waals surface area contributed by atoms with Gasteiger partial charge in [-0.05, 0) is 36.1 Å². The molecule has 5 heteroatoms. The van der Waals surface area contributed by atoms with Gasteiger partial charge in [-0.2, -0.15) is 8.78 Å². The van der Waals surface area contributed by atoms with Crippen molar-refractivity contribution in [3.8, 4) is 17.2 Å². The molecule has 0 saturated carbocycles. The molecule has 2 aromatic rings. The van der Waals surface area contributed by atoms with Crippen molar-refractivity contribution in [2.24, 2.45) is 0 Å². The Hall–Kier alpha value is -3.21. The van der Waals surface area contributed by atoms with Gasteiger partial charge in [0.25, 0.3) is 0 Å². The number of hydrogen-bond acceptors (Lipinski definition) is 2. The third-order valence-corrected chi connectivity index (χ3v) is 4.98. The second-order valence-corrected chi connectivity index (χ2v) is 7.34. The topological polar surface area (TPSA) is 18.5 Å². The number of fused-ring (bicyclic) bond motifs is 2. The zero-order chi connectivity index (χ0) is 23.8. The van der Waals surface area contributed by atoms with E-state index in [0.29, 0.717) is 35.1 Å². The van der Waals surface area contributed by atoms with Gasteiger partial charge in [-0.3, -0.25) is 0 Å². The second-order valence-electron chi connectivity index (χ2n) is 7.34. The summed E-state index contributed by atoms with van der Waals surface area (Å²) >= 11 is 0. The van der Waals surface area contributed by atoms with Crippen molar-refractivity contribution >= 4 is 0 Å². The molecule has 32 heavy (non-hydrogen) atoms. The molecular weight excluding hydrogens is 413 g/mol. The fourth-order valence-corrected chi connectivity index (χ4v) is 3.23. The molecule has 0 spiro atoms. The van der Waals surface area contributed by atoms with Gasteiger partial charge >= 0.3 is 0 Å². The number of benzene rings is 2. The maximum Gasteiger partial charge on any atom is 0.207 e. The molecule has 0 aromatic heterocycles. The van der Waals surface area contributed by atoms with E-state index in [2.05, 4.69) is 26.3 Å². The van der Waals surface area contributed by atoms with Crippen molar-refractivity contribution in [2.75, 3.05) is 6.61 Å². The van der Waals surface area contributed by atoms with Crippen LogP contribution in [0.3, 0.4) is 0 Å². The molecular formula is C27H29F3O2. The lowest BCUT2D eigenvalue weighted by Crippen LogP contribution is -2.11. The van der Waals surface area contributed by atoms with Crippen LogP contribution in [0, 0.1) is 17.5 Å². The first-order chi connectivity index (χ1) is 15.3. The van der Waals surface area contributed by atoms with E-state index in [9.17, 15) is 13.2 Å². The lowest BCUT2D eigenvalue weighted by molar-refractivity contribution is 0.320. The Morgan fingerprint density at radius 3 is 2.28 bits per heavy atom. The van der Waals surface area contributed by atoms with Crippen LogP contribution in [-0.4, -0.2) is 6.61 Å². The molecule has 1 aliphatic heterocycles. The van der Waals surface area contributed by atoms with Gasteiger partial charge in [0.05, 0.1) is 0 Å². The first-order valence-corrected chi connectivity index (χ1v) is 10.5. The Bertz CT molecular complexity index is 1040. The quantitative estimate of drug-likeness (QED) is 0.260. The van der Waals surface area contributed by atoms with Crippen LogP contribution in [-0.2, 0) is 12.8 Å². The molecule has 0 bridgehead atoms. The normalized spacial score (nSPS) is 11.7. The van der Waals surface area contributed by atoms with Crippen LogP contribution < -0.4 is 9.47 Å². The minimum absolute atomic E-state index is 0.0375. The molecule has 1 aliphatic rings. The summed E-state index contributed by atoms with van der Waals surface area (Å²) in [4.78, 5) is 0. The molecule has 0 radical (unpaired) electrons. The van der Waals surface area contributed by atoms with Crippen LogP contribution in [0.15, 0.2) is 67.8 Å². The highest BCUT2D eigenvalue weighted by Gasteiger charge is 2.28. The molecule has 0 fully saturated rings. The van der Waals surface area contributed by atoms with Crippen molar-refractivity contribution in [1.82, 2.24) is 0 Å². The van der Waals surface area contributed by atoms with E-state index in [0.717, 1.165) is 12.0 Å². The first kappa shape index (κ1) is 25.1. The van der Waals surface area contributed by atoms with Crippen LogP contribution in [0.25, 0.3) is 0 Å². The molecule has 0 atom stereocenters. The third kappa shape index (κ3) is 5.52. The van der Waals surface area contributed by atoms with Gasteiger partial charge in [-0.1, -0.05) is 57.2 Å². The Balaban J connectivity index is 0.00000176. The maximum atomic E-state index is 15.0. The van der Waals surface area contributed by atoms with Crippen LogP contribution >= 0.6 is 0 Å². The minimum Gasteiger partial charge on any atom is -0.486 e. The van der Waals surface area contributed by atoms with Crippen molar-refractivity contribution < 1.29 is 22.6 Å². The number of ether oxygens (including phenoxy) is 2. The highest BCUT2D eigenvalue weighted by atomic mass is 19.2. The molecule has 0 unspecified atom stereocenters.